The average molecular weight is 234 g/mol. The zero-order valence-corrected chi connectivity index (χ0v) is 10.5. The van der Waals surface area contributed by atoms with Crippen LogP contribution in [0.15, 0.2) is 0 Å². The molecule has 1 fully saturated rings. The largest absolute Gasteiger partial charge is 0.313 e. The molecule has 5 heteroatoms. The SMILES string of the molecule is CCCCS(=O)(=O)N(C)CC1CCCN1. The van der Waals surface area contributed by atoms with Gasteiger partial charge in [-0.3, -0.25) is 0 Å². The topological polar surface area (TPSA) is 49.4 Å². The Morgan fingerprint density at radius 1 is 1.47 bits per heavy atom. The van der Waals surface area contributed by atoms with Crippen LogP contribution in [0.25, 0.3) is 0 Å². The number of nitrogens with zero attached hydrogens (tertiary/aromatic N) is 1. The maximum Gasteiger partial charge on any atom is 0.213 e. The molecule has 1 atom stereocenters. The van der Waals surface area contributed by atoms with Gasteiger partial charge in [0, 0.05) is 19.6 Å². The minimum atomic E-state index is -3.02. The molecule has 1 aliphatic heterocycles. The van der Waals surface area contributed by atoms with Crippen molar-refractivity contribution in [3.05, 3.63) is 0 Å². The molecule has 0 radical (unpaired) electrons. The molecular formula is C10H22N2O2S. The molecule has 0 aromatic heterocycles. The fraction of sp³-hybridized carbons (Fsp3) is 1.00. The summed E-state index contributed by atoms with van der Waals surface area (Å²) >= 11 is 0. The van der Waals surface area contributed by atoms with Crippen molar-refractivity contribution in [2.24, 2.45) is 0 Å². The summed E-state index contributed by atoms with van der Waals surface area (Å²) in [6, 6.07) is 0.353. The van der Waals surface area contributed by atoms with Gasteiger partial charge in [0.15, 0.2) is 0 Å². The van der Waals surface area contributed by atoms with Gasteiger partial charge in [-0.05, 0) is 25.8 Å². The van der Waals surface area contributed by atoms with Crippen molar-refractivity contribution in [2.45, 2.75) is 38.6 Å². The third-order valence-electron chi connectivity index (χ3n) is 2.87. The van der Waals surface area contributed by atoms with Gasteiger partial charge in [-0.15, -0.1) is 0 Å². The lowest BCUT2D eigenvalue weighted by molar-refractivity contribution is 0.416. The highest BCUT2D eigenvalue weighted by molar-refractivity contribution is 7.89. The van der Waals surface area contributed by atoms with Gasteiger partial charge >= 0.3 is 0 Å². The van der Waals surface area contributed by atoms with Gasteiger partial charge in [0.1, 0.15) is 0 Å². The van der Waals surface area contributed by atoms with Gasteiger partial charge < -0.3 is 5.32 Å². The summed E-state index contributed by atoms with van der Waals surface area (Å²) in [5.41, 5.74) is 0. The molecule has 0 amide bonds. The van der Waals surface area contributed by atoms with Crippen molar-refractivity contribution in [1.82, 2.24) is 9.62 Å². The van der Waals surface area contributed by atoms with Crippen LogP contribution < -0.4 is 5.32 Å². The lowest BCUT2D eigenvalue weighted by atomic mass is 10.2. The van der Waals surface area contributed by atoms with Crippen LogP contribution >= 0.6 is 0 Å². The number of unbranched alkanes of at least 4 members (excludes halogenated alkanes) is 1. The van der Waals surface area contributed by atoms with E-state index >= 15 is 0 Å². The molecule has 0 bridgehead atoms. The molecule has 1 aliphatic rings. The van der Waals surface area contributed by atoms with E-state index in [-0.39, 0.29) is 5.75 Å². The van der Waals surface area contributed by atoms with E-state index < -0.39 is 10.0 Å². The van der Waals surface area contributed by atoms with Crippen molar-refractivity contribution < 1.29 is 8.42 Å². The van der Waals surface area contributed by atoms with Crippen LogP contribution in [0.1, 0.15) is 32.6 Å². The second kappa shape index (κ2) is 5.82. The van der Waals surface area contributed by atoms with E-state index in [2.05, 4.69) is 5.32 Å². The highest BCUT2D eigenvalue weighted by Gasteiger charge is 2.22. The fourth-order valence-corrected chi connectivity index (χ4v) is 3.19. The van der Waals surface area contributed by atoms with E-state index in [1.54, 1.807) is 7.05 Å². The van der Waals surface area contributed by atoms with Crippen molar-refractivity contribution in [3.8, 4) is 0 Å². The Hall–Kier alpha value is -0.130. The van der Waals surface area contributed by atoms with E-state index in [9.17, 15) is 8.42 Å². The molecule has 1 N–H and O–H groups in total. The predicted octanol–water partition coefficient (Wildman–Crippen LogP) is 0.800. The molecule has 0 aromatic rings. The minimum absolute atomic E-state index is 0.284. The Labute approximate surface area is 93.1 Å². The highest BCUT2D eigenvalue weighted by atomic mass is 32.2. The van der Waals surface area contributed by atoms with Crippen LogP contribution in [0.3, 0.4) is 0 Å². The smallest absolute Gasteiger partial charge is 0.213 e. The number of hydrogen-bond donors (Lipinski definition) is 1. The zero-order valence-electron chi connectivity index (χ0n) is 9.70. The minimum Gasteiger partial charge on any atom is -0.313 e. The van der Waals surface area contributed by atoms with Crippen molar-refractivity contribution in [1.29, 1.82) is 0 Å². The monoisotopic (exact) mass is 234 g/mol. The highest BCUT2D eigenvalue weighted by Crippen LogP contribution is 2.09. The van der Waals surface area contributed by atoms with Crippen LogP contribution in [-0.4, -0.2) is 44.7 Å². The summed E-state index contributed by atoms with van der Waals surface area (Å²) in [4.78, 5) is 0. The first-order chi connectivity index (χ1) is 7.06. The first kappa shape index (κ1) is 12.9. The van der Waals surface area contributed by atoms with E-state index in [4.69, 9.17) is 0 Å². The zero-order chi connectivity index (χ0) is 11.3. The van der Waals surface area contributed by atoms with Gasteiger partial charge in [0.05, 0.1) is 5.75 Å². The normalized spacial score (nSPS) is 22.5. The number of hydrogen-bond acceptors (Lipinski definition) is 3. The van der Waals surface area contributed by atoms with Gasteiger partial charge in [0.2, 0.25) is 10.0 Å². The second-order valence-corrected chi connectivity index (χ2v) is 6.44. The molecule has 1 unspecified atom stereocenters. The third-order valence-corrected chi connectivity index (χ3v) is 4.77. The van der Waals surface area contributed by atoms with Crippen LogP contribution in [0.4, 0.5) is 0 Å². The predicted molar refractivity (Wildman–Crippen MR) is 62.3 cm³/mol. The van der Waals surface area contributed by atoms with Crippen LogP contribution in [0.2, 0.25) is 0 Å². The van der Waals surface area contributed by atoms with Gasteiger partial charge in [0.25, 0.3) is 0 Å². The summed E-state index contributed by atoms with van der Waals surface area (Å²) in [6.07, 6.45) is 3.93. The summed E-state index contributed by atoms with van der Waals surface area (Å²) < 4.78 is 25.1. The molecule has 0 aromatic carbocycles. The first-order valence-electron chi connectivity index (χ1n) is 5.73. The molecule has 90 valence electrons. The number of sulfonamides is 1. The maximum absolute atomic E-state index is 11.8. The number of likely N-dealkylation sites (N-methyl/N-ethyl adjacent to an activating group) is 1. The Bertz CT molecular complexity index is 271. The molecular weight excluding hydrogens is 212 g/mol. The standard InChI is InChI=1S/C10H22N2O2S/c1-3-4-8-15(13,14)12(2)9-10-6-5-7-11-10/h10-11H,3-9H2,1-2H3. The van der Waals surface area contributed by atoms with Crippen molar-refractivity contribution >= 4 is 10.0 Å². The first-order valence-corrected chi connectivity index (χ1v) is 7.34. The maximum atomic E-state index is 11.8. The third kappa shape index (κ3) is 4.09. The van der Waals surface area contributed by atoms with Crippen molar-refractivity contribution in [2.75, 3.05) is 25.9 Å². The Morgan fingerprint density at radius 2 is 2.20 bits per heavy atom. The van der Waals surface area contributed by atoms with Gasteiger partial charge in [-0.1, -0.05) is 13.3 Å². The molecule has 1 heterocycles. The Balaban J connectivity index is 2.40. The summed E-state index contributed by atoms with van der Waals surface area (Å²) in [7, 11) is -1.33. The second-order valence-electron chi connectivity index (χ2n) is 4.24. The molecule has 0 aliphatic carbocycles. The quantitative estimate of drug-likeness (QED) is 0.739. The Morgan fingerprint density at radius 3 is 2.73 bits per heavy atom. The lowest BCUT2D eigenvalue weighted by Crippen LogP contribution is -2.39. The molecule has 0 saturated carbocycles. The van der Waals surface area contributed by atoms with Crippen molar-refractivity contribution in [3.63, 3.8) is 0 Å². The van der Waals surface area contributed by atoms with Crippen LogP contribution in [0.5, 0.6) is 0 Å². The van der Waals surface area contributed by atoms with Gasteiger partial charge in [-0.25, -0.2) is 12.7 Å². The van der Waals surface area contributed by atoms with E-state index in [1.807, 2.05) is 6.92 Å². The van der Waals surface area contributed by atoms with Crippen LogP contribution in [-0.2, 0) is 10.0 Å². The molecule has 0 spiro atoms. The number of nitrogens with one attached hydrogen (secondary N) is 1. The fourth-order valence-electron chi connectivity index (χ4n) is 1.82. The summed E-state index contributed by atoms with van der Waals surface area (Å²) in [5.74, 6) is 0.284. The summed E-state index contributed by atoms with van der Waals surface area (Å²) in [5, 5.41) is 3.31. The molecule has 15 heavy (non-hydrogen) atoms. The average Bonchev–Trinajstić information content (AvgIpc) is 2.67. The summed E-state index contributed by atoms with van der Waals surface area (Å²) in [6.45, 7) is 3.65. The molecule has 1 saturated heterocycles. The van der Waals surface area contributed by atoms with Gasteiger partial charge in [-0.2, -0.15) is 0 Å². The van der Waals surface area contributed by atoms with E-state index in [0.29, 0.717) is 12.6 Å². The van der Waals surface area contributed by atoms with Crippen LogP contribution in [0, 0.1) is 0 Å². The van der Waals surface area contributed by atoms with E-state index in [0.717, 1.165) is 32.2 Å². The Kier molecular flexibility index (Phi) is 5.02. The number of rotatable bonds is 6. The van der Waals surface area contributed by atoms with E-state index in [1.165, 1.54) is 4.31 Å². The molecule has 1 rings (SSSR count). The lowest BCUT2D eigenvalue weighted by Gasteiger charge is -2.20. The molecule has 4 nitrogen and oxygen atoms in total.